The number of nitro benzene ring substituents is 1. The number of hydrogen-bond donors (Lipinski definition) is 0. The fourth-order valence-electron chi connectivity index (χ4n) is 1.63. The molecule has 0 N–H and O–H groups in total. The van der Waals surface area contributed by atoms with Crippen LogP contribution in [0.2, 0.25) is 0 Å². The number of Topliss-reactive ketones (excluding diaryl/α,β-unsaturated/α-hetero) is 2. The molecule has 0 saturated heterocycles. The minimum absolute atomic E-state index is 0.124. The number of hydrogen-bond acceptors (Lipinski definition) is 4. The van der Waals surface area contributed by atoms with Gasteiger partial charge < -0.3 is 0 Å². The first-order valence-electron chi connectivity index (χ1n) is 5.14. The lowest BCUT2D eigenvalue weighted by atomic mass is 9.95. The Bertz CT molecular complexity index is 704. The second kappa shape index (κ2) is 5.36. The lowest BCUT2D eigenvalue weighted by molar-refractivity contribution is -0.384. The Labute approximate surface area is 127 Å². The maximum absolute atomic E-state index is 12.0. The molecule has 0 amide bonds. The summed E-state index contributed by atoms with van der Waals surface area (Å²) < 4.78 is 0. The number of nitro groups is 1. The summed E-state index contributed by atoms with van der Waals surface area (Å²) in [4.78, 5) is 33.7. The van der Waals surface area contributed by atoms with Gasteiger partial charge in [0.05, 0.1) is 10.5 Å². The molecule has 1 aliphatic rings. The molecule has 1 aromatic carbocycles. The quantitative estimate of drug-likeness (QED) is 0.472. The standard InChI is InChI=1S/C12H4Cl3NO4/c13-8-7(11(17)9(14)10(15)12(8)18)5-1-3-6(4-2-5)16(19)20/h1-4H. The van der Waals surface area contributed by atoms with Crippen molar-refractivity contribution in [3.05, 3.63) is 55.0 Å². The highest BCUT2D eigenvalue weighted by atomic mass is 35.5. The largest absolute Gasteiger partial charge is 0.287 e. The Morgan fingerprint density at radius 3 is 1.85 bits per heavy atom. The molecule has 0 aromatic heterocycles. The molecule has 1 aliphatic carbocycles. The highest BCUT2D eigenvalue weighted by Crippen LogP contribution is 2.36. The Morgan fingerprint density at radius 2 is 1.35 bits per heavy atom. The maximum Gasteiger partial charge on any atom is 0.269 e. The van der Waals surface area contributed by atoms with Gasteiger partial charge in [-0.3, -0.25) is 19.7 Å². The van der Waals surface area contributed by atoms with Crippen LogP contribution in [0.4, 0.5) is 5.69 Å². The van der Waals surface area contributed by atoms with E-state index in [0.717, 1.165) is 0 Å². The van der Waals surface area contributed by atoms with E-state index >= 15 is 0 Å². The topological polar surface area (TPSA) is 77.3 Å². The maximum atomic E-state index is 12.0. The zero-order chi connectivity index (χ0) is 15.0. The normalized spacial score (nSPS) is 15.9. The number of carbonyl (C=O) groups is 2. The number of nitrogens with zero attached hydrogens (tertiary/aromatic N) is 1. The first-order valence-corrected chi connectivity index (χ1v) is 6.27. The van der Waals surface area contributed by atoms with Crippen molar-refractivity contribution in [1.82, 2.24) is 0 Å². The molecule has 0 radical (unpaired) electrons. The molecular formula is C12H4Cl3NO4. The van der Waals surface area contributed by atoms with Crippen LogP contribution < -0.4 is 0 Å². The van der Waals surface area contributed by atoms with Gasteiger partial charge in [-0.15, -0.1) is 0 Å². The van der Waals surface area contributed by atoms with Crippen LogP contribution in [0.15, 0.2) is 39.4 Å². The molecule has 0 spiro atoms. The van der Waals surface area contributed by atoms with E-state index < -0.39 is 26.6 Å². The summed E-state index contributed by atoms with van der Waals surface area (Å²) in [5.74, 6) is -1.46. The number of rotatable bonds is 2. The van der Waals surface area contributed by atoms with Crippen molar-refractivity contribution in [2.24, 2.45) is 0 Å². The lowest BCUT2D eigenvalue weighted by Gasteiger charge is -2.14. The number of halogens is 3. The fourth-order valence-corrected chi connectivity index (χ4v) is 2.32. The third-order valence-corrected chi connectivity index (χ3v) is 3.78. The van der Waals surface area contributed by atoms with Gasteiger partial charge in [-0.2, -0.15) is 0 Å². The highest BCUT2D eigenvalue weighted by Gasteiger charge is 2.33. The van der Waals surface area contributed by atoms with Crippen molar-refractivity contribution in [1.29, 1.82) is 0 Å². The Balaban J connectivity index is 2.54. The Hall–Kier alpha value is -1.69. The molecule has 102 valence electrons. The summed E-state index contributed by atoms with van der Waals surface area (Å²) in [6.45, 7) is 0. The minimum Gasteiger partial charge on any atom is -0.287 e. The fraction of sp³-hybridized carbons (Fsp3) is 0. The van der Waals surface area contributed by atoms with Gasteiger partial charge in [-0.25, -0.2) is 0 Å². The van der Waals surface area contributed by atoms with Gasteiger partial charge in [0.1, 0.15) is 15.1 Å². The first kappa shape index (κ1) is 14.7. The summed E-state index contributed by atoms with van der Waals surface area (Å²) in [7, 11) is 0. The molecule has 8 heteroatoms. The molecule has 5 nitrogen and oxygen atoms in total. The summed E-state index contributed by atoms with van der Waals surface area (Å²) >= 11 is 17.1. The molecule has 0 unspecified atom stereocenters. The number of carbonyl (C=O) groups excluding carboxylic acids is 2. The number of ketones is 2. The predicted molar refractivity (Wildman–Crippen MR) is 74.6 cm³/mol. The SMILES string of the molecule is O=C1C(Cl)=C(Cl)C(=O)C(c2ccc([N+](=O)[O-])cc2)=C1Cl. The summed E-state index contributed by atoms with van der Waals surface area (Å²) in [6, 6.07) is 5.00. The average molecular weight is 333 g/mol. The average Bonchev–Trinajstić information content (AvgIpc) is 2.44. The predicted octanol–water partition coefficient (Wildman–Crippen LogP) is 3.39. The van der Waals surface area contributed by atoms with Gasteiger partial charge in [0.2, 0.25) is 11.6 Å². The second-order valence-electron chi connectivity index (χ2n) is 3.78. The Morgan fingerprint density at radius 1 is 0.850 bits per heavy atom. The van der Waals surface area contributed by atoms with E-state index in [-0.39, 0.29) is 21.9 Å². The van der Waals surface area contributed by atoms with E-state index in [4.69, 9.17) is 34.8 Å². The molecule has 0 atom stereocenters. The molecular weight excluding hydrogens is 328 g/mol. The van der Waals surface area contributed by atoms with Crippen LogP contribution in [-0.2, 0) is 9.59 Å². The summed E-state index contributed by atoms with van der Waals surface area (Å²) in [5, 5.41) is 9.34. The van der Waals surface area contributed by atoms with Crippen LogP contribution in [0, 0.1) is 10.1 Å². The minimum atomic E-state index is -0.758. The van der Waals surface area contributed by atoms with E-state index in [9.17, 15) is 19.7 Å². The molecule has 0 bridgehead atoms. The van der Waals surface area contributed by atoms with Gasteiger partial charge in [0.25, 0.3) is 5.69 Å². The van der Waals surface area contributed by atoms with Crippen LogP contribution in [0.5, 0.6) is 0 Å². The summed E-state index contributed by atoms with van der Waals surface area (Å²) in [5.41, 5.74) is -0.0260. The van der Waals surface area contributed by atoms with Crippen LogP contribution in [-0.4, -0.2) is 16.5 Å². The van der Waals surface area contributed by atoms with Gasteiger partial charge in [-0.1, -0.05) is 34.8 Å². The van der Waals surface area contributed by atoms with Gasteiger partial charge in [-0.05, 0) is 17.7 Å². The van der Waals surface area contributed by atoms with Crippen molar-refractivity contribution < 1.29 is 14.5 Å². The zero-order valence-corrected chi connectivity index (χ0v) is 11.8. The molecule has 0 heterocycles. The number of allylic oxidation sites excluding steroid dienone is 4. The molecule has 0 fully saturated rings. The summed E-state index contributed by atoms with van der Waals surface area (Å²) in [6.07, 6.45) is 0. The van der Waals surface area contributed by atoms with E-state index in [1.165, 1.54) is 24.3 Å². The molecule has 1 aromatic rings. The monoisotopic (exact) mass is 331 g/mol. The Kier molecular flexibility index (Phi) is 3.94. The van der Waals surface area contributed by atoms with Crippen molar-refractivity contribution in [3.63, 3.8) is 0 Å². The lowest BCUT2D eigenvalue weighted by Crippen LogP contribution is -2.17. The van der Waals surface area contributed by atoms with Crippen molar-refractivity contribution in [3.8, 4) is 0 Å². The van der Waals surface area contributed by atoms with Crippen LogP contribution in [0.1, 0.15) is 5.56 Å². The smallest absolute Gasteiger partial charge is 0.269 e. The third kappa shape index (κ3) is 2.35. The van der Waals surface area contributed by atoms with Crippen LogP contribution >= 0.6 is 34.8 Å². The zero-order valence-electron chi connectivity index (χ0n) is 9.52. The van der Waals surface area contributed by atoms with Gasteiger partial charge >= 0.3 is 0 Å². The second-order valence-corrected chi connectivity index (χ2v) is 4.91. The van der Waals surface area contributed by atoms with Gasteiger partial charge in [0.15, 0.2) is 0 Å². The number of non-ortho nitro benzene ring substituents is 1. The van der Waals surface area contributed by atoms with E-state index in [2.05, 4.69) is 0 Å². The number of benzene rings is 1. The highest BCUT2D eigenvalue weighted by molar-refractivity contribution is 6.68. The van der Waals surface area contributed by atoms with Crippen molar-refractivity contribution in [2.45, 2.75) is 0 Å². The van der Waals surface area contributed by atoms with Gasteiger partial charge in [0, 0.05) is 12.1 Å². The molecule has 0 aliphatic heterocycles. The van der Waals surface area contributed by atoms with E-state index in [1.54, 1.807) is 0 Å². The van der Waals surface area contributed by atoms with Crippen molar-refractivity contribution >= 4 is 57.6 Å². The first-order chi connectivity index (χ1) is 9.34. The third-order valence-electron chi connectivity index (χ3n) is 2.60. The van der Waals surface area contributed by atoms with E-state index in [1.807, 2.05) is 0 Å². The molecule has 20 heavy (non-hydrogen) atoms. The van der Waals surface area contributed by atoms with Crippen LogP contribution in [0.3, 0.4) is 0 Å². The van der Waals surface area contributed by atoms with E-state index in [0.29, 0.717) is 0 Å². The molecule has 0 saturated carbocycles. The van der Waals surface area contributed by atoms with Crippen molar-refractivity contribution in [2.75, 3.05) is 0 Å². The van der Waals surface area contributed by atoms with Crippen LogP contribution in [0.25, 0.3) is 5.57 Å². The molecule has 2 rings (SSSR count).